The third-order valence-corrected chi connectivity index (χ3v) is 2.95. The Balaban J connectivity index is 2.58. The van der Waals surface area contributed by atoms with E-state index < -0.39 is 0 Å². The van der Waals surface area contributed by atoms with Crippen LogP contribution >= 0.6 is 0 Å². The second kappa shape index (κ2) is 6.43. The maximum Gasteiger partial charge on any atom is 0.222 e. The summed E-state index contributed by atoms with van der Waals surface area (Å²) in [4.78, 5) is 8.47. The Labute approximate surface area is 97.1 Å². The molecule has 0 saturated heterocycles. The second-order valence-electron chi connectivity index (χ2n) is 4.03. The molecular formula is C12H21N3O. The van der Waals surface area contributed by atoms with Gasteiger partial charge in [-0.3, -0.25) is 0 Å². The van der Waals surface area contributed by atoms with Crippen molar-refractivity contribution < 1.29 is 5.11 Å². The Bertz CT molecular complexity index is 324. The zero-order valence-electron chi connectivity index (χ0n) is 10.3. The highest BCUT2D eigenvalue weighted by atomic mass is 16.3. The average Bonchev–Trinajstić information content (AvgIpc) is 2.30. The molecule has 0 saturated carbocycles. The fourth-order valence-corrected chi connectivity index (χ4v) is 1.55. The second-order valence-corrected chi connectivity index (χ2v) is 4.03. The number of rotatable bonds is 6. The van der Waals surface area contributed by atoms with E-state index in [-0.39, 0.29) is 6.61 Å². The minimum atomic E-state index is -0.00133. The van der Waals surface area contributed by atoms with Gasteiger partial charge in [0.25, 0.3) is 0 Å². The molecule has 0 aliphatic carbocycles. The third kappa shape index (κ3) is 3.45. The highest BCUT2D eigenvalue weighted by molar-refractivity contribution is 5.28. The van der Waals surface area contributed by atoms with Crippen molar-refractivity contribution in [3.05, 3.63) is 17.5 Å². The van der Waals surface area contributed by atoms with Crippen molar-refractivity contribution in [3.63, 3.8) is 0 Å². The van der Waals surface area contributed by atoms with Gasteiger partial charge in [-0.1, -0.05) is 26.7 Å². The highest BCUT2D eigenvalue weighted by Crippen LogP contribution is 2.10. The van der Waals surface area contributed by atoms with Crippen molar-refractivity contribution in [1.29, 1.82) is 0 Å². The zero-order chi connectivity index (χ0) is 12.0. The van der Waals surface area contributed by atoms with Crippen LogP contribution in [0, 0.1) is 12.8 Å². The number of anilines is 1. The summed E-state index contributed by atoms with van der Waals surface area (Å²) in [6.45, 7) is 7.17. The van der Waals surface area contributed by atoms with E-state index in [1.807, 2.05) is 6.92 Å². The number of aryl methyl sites for hydroxylation is 1. The molecule has 1 aromatic rings. The Kier molecular flexibility index (Phi) is 5.19. The van der Waals surface area contributed by atoms with E-state index in [4.69, 9.17) is 5.11 Å². The molecule has 0 atom stereocenters. The summed E-state index contributed by atoms with van der Waals surface area (Å²) >= 11 is 0. The molecule has 90 valence electrons. The van der Waals surface area contributed by atoms with Crippen molar-refractivity contribution in [2.75, 3.05) is 11.9 Å². The van der Waals surface area contributed by atoms with Crippen molar-refractivity contribution >= 4 is 5.95 Å². The molecule has 1 aromatic heterocycles. The SMILES string of the molecule is CCC(CC)CNc1ncc(CO)c(C)n1. The third-order valence-electron chi connectivity index (χ3n) is 2.95. The smallest absolute Gasteiger partial charge is 0.222 e. The molecule has 1 rings (SSSR count). The number of nitrogens with one attached hydrogen (secondary N) is 1. The predicted molar refractivity (Wildman–Crippen MR) is 65.3 cm³/mol. The number of nitrogens with zero attached hydrogens (tertiary/aromatic N) is 2. The van der Waals surface area contributed by atoms with E-state index in [9.17, 15) is 0 Å². The highest BCUT2D eigenvalue weighted by Gasteiger charge is 2.05. The molecule has 1 heterocycles. The lowest BCUT2D eigenvalue weighted by atomic mass is 10.0. The maximum atomic E-state index is 9.00. The predicted octanol–water partition coefficient (Wildman–Crippen LogP) is 2.13. The standard InChI is InChI=1S/C12H21N3O/c1-4-10(5-2)6-13-12-14-7-11(8-16)9(3)15-12/h7,10,16H,4-6,8H2,1-3H3,(H,13,14,15). The van der Waals surface area contributed by atoms with Crippen molar-refractivity contribution in [3.8, 4) is 0 Å². The molecule has 0 radical (unpaired) electrons. The molecule has 4 nitrogen and oxygen atoms in total. The van der Waals surface area contributed by atoms with Gasteiger partial charge in [0.1, 0.15) is 0 Å². The minimum Gasteiger partial charge on any atom is -0.392 e. The van der Waals surface area contributed by atoms with E-state index in [0.29, 0.717) is 11.9 Å². The Morgan fingerprint density at radius 1 is 1.38 bits per heavy atom. The van der Waals surface area contributed by atoms with Gasteiger partial charge in [-0.15, -0.1) is 0 Å². The van der Waals surface area contributed by atoms with Crippen molar-refractivity contribution in [2.45, 2.75) is 40.2 Å². The molecule has 0 aromatic carbocycles. The molecule has 4 heteroatoms. The molecule has 2 N–H and O–H groups in total. The fraction of sp³-hybridized carbons (Fsp3) is 0.667. The summed E-state index contributed by atoms with van der Waals surface area (Å²) in [6, 6.07) is 0. The van der Waals surface area contributed by atoms with Crippen molar-refractivity contribution in [2.24, 2.45) is 5.92 Å². The monoisotopic (exact) mass is 223 g/mol. The summed E-state index contributed by atoms with van der Waals surface area (Å²) < 4.78 is 0. The molecule has 0 amide bonds. The largest absolute Gasteiger partial charge is 0.392 e. The summed E-state index contributed by atoms with van der Waals surface area (Å²) in [7, 11) is 0. The lowest BCUT2D eigenvalue weighted by Gasteiger charge is -2.13. The Hall–Kier alpha value is -1.16. The van der Waals surface area contributed by atoms with E-state index in [2.05, 4.69) is 29.1 Å². The van der Waals surface area contributed by atoms with Gasteiger partial charge in [0.05, 0.1) is 6.61 Å². The van der Waals surface area contributed by atoms with Crippen LogP contribution in [0.25, 0.3) is 0 Å². The Morgan fingerprint density at radius 3 is 2.56 bits per heavy atom. The molecule has 0 aliphatic rings. The van der Waals surface area contributed by atoms with Crippen LogP contribution in [0.1, 0.15) is 37.9 Å². The van der Waals surface area contributed by atoms with E-state index in [1.165, 1.54) is 0 Å². The van der Waals surface area contributed by atoms with Crippen LogP contribution in [0.15, 0.2) is 6.20 Å². The summed E-state index contributed by atoms with van der Waals surface area (Å²) in [5, 5.41) is 12.2. The average molecular weight is 223 g/mol. The lowest BCUT2D eigenvalue weighted by molar-refractivity contribution is 0.280. The molecule has 0 unspecified atom stereocenters. The van der Waals surface area contributed by atoms with Gasteiger partial charge in [0, 0.05) is 24.0 Å². The first-order valence-corrected chi connectivity index (χ1v) is 5.88. The summed E-state index contributed by atoms with van der Waals surface area (Å²) in [5.74, 6) is 1.32. The fourth-order valence-electron chi connectivity index (χ4n) is 1.55. The van der Waals surface area contributed by atoms with E-state index >= 15 is 0 Å². The number of aliphatic hydroxyl groups excluding tert-OH is 1. The number of aromatic nitrogens is 2. The first kappa shape index (κ1) is 12.9. The summed E-state index contributed by atoms with van der Waals surface area (Å²) in [6.07, 6.45) is 4.01. The van der Waals surface area contributed by atoms with Gasteiger partial charge in [-0.05, 0) is 12.8 Å². The number of hydrogen-bond donors (Lipinski definition) is 2. The van der Waals surface area contributed by atoms with Crippen molar-refractivity contribution in [1.82, 2.24) is 9.97 Å². The first-order chi connectivity index (χ1) is 7.71. The van der Waals surface area contributed by atoms with Gasteiger partial charge >= 0.3 is 0 Å². The van der Waals surface area contributed by atoms with Crippen LogP contribution in [-0.4, -0.2) is 21.6 Å². The molecule has 0 bridgehead atoms. The normalized spacial score (nSPS) is 10.8. The molecule has 0 spiro atoms. The van der Waals surface area contributed by atoms with Crippen LogP contribution in [0.2, 0.25) is 0 Å². The molecule has 0 fully saturated rings. The maximum absolute atomic E-state index is 9.00. The quantitative estimate of drug-likeness (QED) is 0.775. The Morgan fingerprint density at radius 2 is 2.06 bits per heavy atom. The minimum absolute atomic E-state index is 0.00133. The molecular weight excluding hydrogens is 202 g/mol. The topological polar surface area (TPSA) is 58.0 Å². The van der Waals surface area contributed by atoms with Crippen LogP contribution in [-0.2, 0) is 6.61 Å². The first-order valence-electron chi connectivity index (χ1n) is 5.88. The van der Waals surface area contributed by atoms with Gasteiger partial charge in [-0.2, -0.15) is 0 Å². The number of aliphatic hydroxyl groups is 1. The number of hydrogen-bond acceptors (Lipinski definition) is 4. The molecule has 16 heavy (non-hydrogen) atoms. The van der Waals surface area contributed by atoms with Crippen LogP contribution in [0.4, 0.5) is 5.95 Å². The zero-order valence-corrected chi connectivity index (χ0v) is 10.3. The van der Waals surface area contributed by atoms with Crippen LogP contribution in [0.5, 0.6) is 0 Å². The van der Waals surface area contributed by atoms with Crippen LogP contribution < -0.4 is 5.32 Å². The molecule has 0 aliphatic heterocycles. The van der Waals surface area contributed by atoms with Gasteiger partial charge in [0.2, 0.25) is 5.95 Å². The van der Waals surface area contributed by atoms with Gasteiger partial charge in [-0.25, -0.2) is 9.97 Å². The van der Waals surface area contributed by atoms with E-state index in [0.717, 1.165) is 30.6 Å². The van der Waals surface area contributed by atoms with Crippen LogP contribution in [0.3, 0.4) is 0 Å². The van der Waals surface area contributed by atoms with Gasteiger partial charge < -0.3 is 10.4 Å². The summed E-state index contributed by atoms with van der Waals surface area (Å²) in [5.41, 5.74) is 1.62. The van der Waals surface area contributed by atoms with Gasteiger partial charge in [0.15, 0.2) is 0 Å². The lowest BCUT2D eigenvalue weighted by Crippen LogP contribution is -2.15. The van der Waals surface area contributed by atoms with E-state index in [1.54, 1.807) is 6.20 Å².